The zero-order chi connectivity index (χ0) is 21.4. The molecule has 0 heterocycles. The van der Waals surface area contributed by atoms with Gasteiger partial charge in [-0.2, -0.15) is 0 Å². The number of rotatable bonds is 11. The van der Waals surface area contributed by atoms with E-state index in [-0.39, 0.29) is 29.4 Å². The second-order valence-electron chi connectivity index (χ2n) is 8.18. The van der Waals surface area contributed by atoms with Crippen LogP contribution in [0.3, 0.4) is 0 Å². The van der Waals surface area contributed by atoms with Gasteiger partial charge >= 0.3 is 5.97 Å². The molecule has 0 radical (unpaired) electrons. The van der Waals surface area contributed by atoms with Crippen LogP contribution >= 0.6 is 11.6 Å². The largest absolute Gasteiger partial charge is 0.508 e. The molecule has 5 nitrogen and oxygen atoms in total. The zero-order valence-electron chi connectivity index (χ0n) is 17.0. The van der Waals surface area contributed by atoms with Crippen LogP contribution in [0.15, 0.2) is 30.4 Å². The number of hydrogen-bond acceptors (Lipinski definition) is 4. The molecule has 0 unspecified atom stereocenters. The quantitative estimate of drug-likeness (QED) is 0.242. The third kappa shape index (κ3) is 7.65. The van der Waals surface area contributed by atoms with Crippen molar-refractivity contribution in [1.82, 2.24) is 0 Å². The summed E-state index contributed by atoms with van der Waals surface area (Å²) in [7, 11) is 0. The third-order valence-corrected chi connectivity index (χ3v) is 6.31. The van der Waals surface area contributed by atoms with Crippen molar-refractivity contribution < 1.29 is 25.2 Å². The van der Waals surface area contributed by atoms with Crippen LogP contribution in [-0.2, 0) is 11.2 Å². The maximum atomic E-state index is 10.6. The number of carboxylic acid groups (broad SMARTS) is 1. The molecule has 1 aliphatic carbocycles. The van der Waals surface area contributed by atoms with Crippen molar-refractivity contribution in [2.75, 3.05) is 0 Å². The highest BCUT2D eigenvalue weighted by molar-refractivity contribution is 6.21. The molecule has 1 aromatic carbocycles. The Hall–Kier alpha value is -1.56. The summed E-state index contributed by atoms with van der Waals surface area (Å²) in [4.78, 5) is 10.6. The summed E-state index contributed by atoms with van der Waals surface area (Å²) < 4.78 is 0. The molecule has 4 N–H and O–H groups in total. The number of carbonyl (C=O) groups is 1. The van der Waals surface area contributed by atoms with E-state index in [9.17, 15) is 20.1 Å². The molecule has 2 rings (SSSR count). The third-order valence-electron chi connectivity index (χ3n) is 5.81. The lowest BCUT2D eigenvalue weighted by Crippen LogP contribution is -2.19. The van der Waals surface area contributed by atoms with E-state index in [1.807, 2.05) is 19.1 Å². The Bertz CT molecular complexity index is 690. The van der Waals surface area contributed by atoms with Crippen molar-refractivity contribution in [2.45, 2.75) is 75.9 Å². The molecule has 0 saturated heterocycles. The summed E-state index contributed by atoms with van der Waals surface area (Å²) in [6.07, 6.45) is 8.06. The van der Waals surface area contributed by atoms with E-state index in [4.69, 9.17) is 16.7 Å². The molecule has 0 spiro atoms. The molecular formula is C23H33ClO5. The van der Waals surface area contributed by atoms with Crippen LogP contribution in [0, 0.1) is 18.8 Å². The van der Waals surface area contributed by atoms with Crippen LogP contribution in [-0.4, -0.2) is 44.0 Å². The molecule has 1 saturated carbocycles. The lowest BCUT2D eigenvalue weighted by molar-refractivity contribution is -0.137. The first kappa shape index (κ1) is 23.7. The fraction of sp³-hybridized carbons (Fsp3) is 0.609. The fourth-order valence-corrected chi connectivity index (χ4v) is 4.63. The van der Waals surface area contributed by atoms with Crippen molar-refractivity contribution in [2.24, 2.45) is 11.8 Å². The molecule has 6 heteroatoms. The van der Waals surface area contributed by atoms with E-state index in [0.717, 1.165) is 36.8 Å². The molecule has 1 aromatic rings. The Labute approximate surface area is 178 Å². The maximum Gasteiger partial charge on any atom is 0.303 e. The van der Waals surface area contributed by atoms with Crippen LogP contribution in [0.4, 0.5) is 0 Å². The van der Waals surface area contributed by atoms with Crippen molar-refractivity contribution in [3.8, 4) is 5.75 Å². The minimum atomic E-state index is -0.754. The monoisotopic (exact) mass is 424 g/mol. The van der Waals surface area contributed by atoms with Gasteiger partial charge in [-0.05, 0) is 49.3 Å². The molecule has 0 bridgehead atoms. The molecule has 0 aliphatic heterocycles. The predicted molar refractivity (Wildman–Crippen MR) is 114 cm³/mol. The number of phenols is 1. The number of halogens is 1. The summed E-state index contributed by atoms with van der Waals surface area (Å²) in [5.74, 6) is -0.430. The van der Waals surface area contributed by atoms with Gasteiger partial charge in [0.2, 0.25) is 0 Å². The average molecular weight is 425 g/mol. The number of alkyl halides is 1. The van der Waals surface area contributed by atoms with E-state index < -0.39 is 18.2 Å². The Kier molecular flexibility index (Phi) is 9.47. The average Bonchev–Trinajstić information content (AvgIpc) is 2.92. The second kappa shape index (κ2) is 11.6. The lowest BCUT2D eigenvalue weighted by Gasteiger charge is -2.21. The van der Waals surface area contributed by atoms with Gasteiger partial charge in [0.05, 0.1) is 12.2 Å². The first-order chi connectivity index (χ1) is 13.8. The molecule has 1 aliphatic rings. The van der Waals surface area contributed by atoms with Gasteiger partial charge < -0.3 is 20.4 Å². The maximum absolute atomic E-state index is 10.6. The van der Waals surface area contributed by atoms with Gasteiger partial charge in [0.1, 0.15) is 5.75 Å². The van der Waals surface area contributed by atoms with E-state index in [1.54, 1.807) is 18.2 Å². The number of aromatic hydroxyl groups is 1. The summed E-state index contributed by atoms with van der Waals surface area (Å²) in [5, 5.41) is 39.0. The van der Waals surface area contributed by atoms with Crippen LogP contribution in [0.25, 0.3) is 0 Å². The van der Waals surface area contributed by atoms with Crippen molar-refractivity contribution in [3.05, 3.63) is 41.5 Å². The molecule has 162 valence electrons. The molecular weight excluding hydrogens is 392 g/mol. The van der Waals surface area contributed by atoms with Crippen molar-refractivity contribution in [1.29, 1.82) is 0 Å². The number of aliphatic hydroxyl groups is 2. The van der Waals surface area contributed by atoms with Crippen LogP contribution in [0.5, 0.6) is 5.75 Å². The van der Waals surface area contributed by atoms with Gasteiger partial charge in [0.25, 0.3) is 0 Å². The molecule has 5 atom stereocenters. The normalized spacial score (nSPS) is 25.5. The highest BCUT2D eigenvalue weighted by Crippen LogP contribution is 2.40. The fourth-order valence-electron chi connectivity index (χ4n) is 4.15. The Morgan fingerprint density at radius 1 is 1.28 bits per heavy atom. The highest BCUT2D eigenvalue weighted by atomic mass is 35.5. The standard InChI is InChI=1S/C23H33ClO5/c1-15-12-16(8-11-21(15)26)13-17(25)9-10-19-18(20(24)14-22(19)27)6-4-2-3-5-7-23(28)29/h8-12,17-20,22,25-27H,2-7,13-14H2,1H3,(H,28,29)/t17-,18-,19-,20-,22-/m1/s1. The van der Waals surface area contributed by atoms with Crippen LogP contribution in [0.2, 0.25) is 0 Å². The number of aryl methyl sites for hydroxylation is 1. The van der Waals surface area contributed by atoms with E-state index in [2.05, 4.69) is 0 Å². The first-order valence-corrected chi connectivity index (χ1v) is 10.9. The predicted octanol–water partition coefficient (Wildman–Crippen LogP) is 4.19. The molecule has 0 aromatic heterocycles. The Balaban J connectivity index is 1.85. The van der Waals surface area contributed by atoms with E-state index >= 15 is 0 Å². The van der Waals surface area contributed by atoms with Crippen LogP contribution < -0.4 is 0 Å². The van der Waals surface area contributed by atoms with Crippen molar-refractivity contribution >= 4 is 17.6 Å². The number of hydrogen-bond donors (Lipinski definition) is 4. The minimum absolute atomic E-state index is 0.0762. The van der Waals surface area contributed by atoms with Gasteiger partial charge in [-0.3, -0.25) is 4.79 Å². The van der Waals surface area contributed by atoms with E-state index in [0.29, 0.717) is 19.3 Å². The van der Waals surface area contributed by atoms with Gasteiger partial charge in [0, 0.05) is 24.1 Å². The highest BCUT2D eigenvalue weighted by Gasteiger charge is 2.39. The molecule has 1 fully saturated rings. The first-order valence-electron chi connectivity index (χ1n) is 10.5. The van der Waals surface area contributed by atoms with Gasteiger partial charge in [-0.1, -0.05) is 43.5 Å². The number of phenolic OH excluding ortho intramolecular Hbond substituents is 1. The topological polar surface area (TPSA) is 98.0 Å². The SMILES string of the molecule is Cc1cc(C[C@H](O)C=C[C@@H]2[C@@H](CCCCCCC(=O)O)[C@H](Cl)C[C@H]2O)ccc1O. The van der Waals surface area contributed by atoms with Gasteiger partial charge in [0.15, 0.2) is 0 Å². The summed E-state index contributed by atoms with van der Waals surface area (Å²) in [5.41, 5.74) is 1.72. The number of benzene rings is 1. The minimum Gasteiger partial charge on any atom is -0.508 e. The summed E-state index contributed by atoms with van der Waals surface area (Å²) >= 11 is 6.47. The molecule has 29 heavy (non-hydrogen) atoms. The smallest absolute Gasteiger partial charge is 0.303 e. The number of aliphatic hydroxyl groups excluding tert-OH is 2. The van der Waals surface area contributed by atoms with Crippen molar-refractivity contribution in [3.63, 3.8) is 0 Å². The number of aliphatic carboxylic acids is 1. The number of unbranched alkanes of at least 4 members (excludes halogenated alkanes) is 3. The van der Waals surface area contributed by atoms with E-state index in [1.165, 1.54) is 0 Å². The second-order valence-corrected chi connectivity index (χ2v) is 8.74. The number of carboxylic acids is 1. The summed E-state index contributed by atoms with van der Waals surface area (Å²) in [6.45, 7) is 1.82. The zero-order valence-corrected chi connectivity index (χ0v) is 17.8. The van der Waals surface area contributed by atoms with Gasteiger partial charge in [-0.25, -0.2) is 0 Å². The van der Waals surface area contributed by atoms with Gasteiger partial charge in [-0.15, -0.1) is 11.6 Å². The van der Waals surface area contributed by atoms with Crippen LogP contribution in [0.1, 0.15) is 56.1 Å². The molecule has 0 amide bonds. The summed E-state index contributed by atoms with van der Waals surface area (Å²) in [6, 6.07) is 5.29. The Morgan fingerprint density at radius 2 is 2.00 bits per heavy atom. The Morgan fingerprint density at radius 3 is 2.69 bits per heavy atom. The lowest BCUT2D eigenvalue weighted by atomic mass is 9.88.